The molecule has 0 bridgehead atoms. The molecule has 0 N–H and O–H groups in total. The maximum atomic E-state index is 12.4. The van der Waals surface area contributed by atoms with E-state index in [-0.39, 0.29) is 5.78 Å². The minimum Gasteiger partial charge on any atom is -0.288 e. The molecule has 3 heteroatoms. The van der Waals surface area contributed by atoms with Crippen molar-refractivity contribution >= 4 is 33.0 Å². The molecule has 0 atom stereocenters. The van der Waals surface area contributed by atoms with Crippen LogP contribution >= 0.6 is 27.3 Å². The van der Waals surface area contributed by atoms with E-state index >= 15 is 0 Å². The molecule has 0 spiro atoms. The summed E-state index contributed by atoms with van der Waals surface area (Å²) < 4.78 is 0.898. The zero-order valence-corrected chi connectivity index (χ0v) is 12.3. The van der Waals surface area contributed by atoms with Crippen molar-refractivity contribution in [1.29, 1.82) is 0 Å². The normalized spacial score (nSPS) is 14.3. The number of fused-ring (bicyclic) bond motifs is 1. The smallest absolute Gasteiger partial charge is 0.204 e. The summed E-state index contributed by atoms with van der Waals surface area (Å²) in [6.07, 6.45) is 4.79. The van der Waals surface area contributed by atoms with Gasteiger partial charge in [-0.1, -0.05) is 12.1 Å². The number of benzene rings is 1. The lowest BCUT2D eigenvalue weighted by Crippen LogP contribution is -2.06. The molecule has 3 rings (SSSR count). The maximum absolute atomic E-state index is 12.4. The number of hydrogen-bond donors (Lipinski definition) is 0. The molecule has 0 saturated carbocycles. The second kappa shape index (κ2) is 4.98. The van der Waals surface area contributed by atoms with Gasteiger partial charge in [-0.2, -0.15) is 0 Å². The Kier molecular flexibility index (Phi) is 3.35. The van der Waals surface area contributed by atoms with Crippen molar-refractivity contribution in [2.75, 3.05) is 0 Å². The molecular weight excluding hydrogens is 308 g/mol. The number of aryl methyl sites for hydroxylation is 2. The largest absolute Gasteiger partial charge is 0.288 e. The fourth-order valence-corrected chi connectivity index (χ4v) is 3.97. The molecule has 1 aromatic heterocycles. The number of thiophene rings is 1. The summed E-state index contributed by atoms with van der Waals surface area (Å²) in [5.74, 6) is 0.130. The number of hydrogen-bond acceptors (Lipinski definition) is 2. The van der Waals surface area contributed by atoms with Crippen LogP contribution in [0.15, 0.2) is 34.1 Å². The summed E-state index contributed by atoms with van der Waals surface area (Å²) in [5.41, 5.74) is 3.60. The molecule has 92 valence electrons. The van der Waals surface area contributed by atoms with Gasteiger partial charge in [0.25, 0.3) is 0 Å². The van der Waals surface area contributed by atoms with Crippen LogP contribution < -0.4 is 0 Å². The molecule has 1 nitrogen and oxygen atoms in total. The van der Waals surface area contributed by atoms with Gasteiger partial charge < -0.3 is 0 Å². The van der Waals surface area contributed by atoms with Crippen molar-refractivity contribution < 1.29 is 4.79 Å². The molecule has 1 aliphatic carbocycles. The van der Waals surface area contributed by atoms with Crippen molar-refractivity contribution in [1.82, 2.24) is 0 Å². The SMILES string of the molecule is O=C(c1ccc2c(c1)CCCC2)c1sccc1Br. The molecule has 0 fully saturated rings. The number of carbonyl (C=O) groups excluding carboxylic acids is 1. The van der Waals surface area contributed by atoms with Crippen molar-refractivity contribution in [2.45, 2.75) is 25.7 Å². The summed E-state index contributed by atoms with van der Waals surface area (Å²) in [5, 5.41) is 1.94. The average Bonchev–Trinajstić information content (AvgIpc) is 2.83. The van der Waals surface area contributed by atoms with Crippen LogP contribution in [0.5, 0.6) is 0 Å². The van der Waals surface area contributed by atoms with Gasteiger partial charge in [0.15, 0.2) is 0 Å². The van der Waals surface area contributed by atoms with Gasteiger partial charge in [0.2, 0.25) is 5.78 Å². The van der Waals surface area contributed by atoms with E-state index in [9.17, 15) is 4.79 Å². The topological polar surface area (TPSA) is 17.1 Å². The molecule has 1 heterocycles. The quantitative estimate of drug-likeness (QED) is 0.738. The Balaban J connectivity index is 1.98. The summed E-state index contributed by atoms with van der Waals surface area (Å²) in [6, 6.07) is 8.11. The molecule has 0 saturated heterocycles. The Labute approximate surface area is 119 Å². The van der Waals surface area contributed by atoms with Crippen LogP contribution in [0.2, 0.25) is 0 Å². The third-order valence-electron chi connectivity index (χ3n) is 3.43. The van der Waals surface area contributed by atoms with Crippen LogP contribution in [-0.4, -0.2) is 5.78 Å². The van der Waals surface area contributed by atoms with Gasteiger partial charge >= 0.3 is 0 Å². The van der Waals surface area contributed by atoms with Gasteiger partial charge in [0, 0.05) is 10.0 Å². The highest BCUT2D eigenvalue weighted by Gasteiger charge is 2.16. The molecule has 1 aromatic carbocycles. The molecule has 0 radical (unpaired) electrons. The number of ketones is 1. The van der Waals surface area contributed by atoms with E-state index in [1.54, 1.807) is 0 Å². The van der Waals surface area contributed by atoms with Crippen LogP contribution in [0.4, 0.5) is 0 Å². The van der Waals surface area contributed by atoms with Crippen LogP contribution in [0.3, 0.4) is 0 Å². The van der Waals surface area contributed by atoms with Crippen LogP contribution in [0, 0.1) is 0 Å². The third kappa shape index (κ3) is 2.17. The van der Waals surface area contributed by atoms with Crippen molar-refractivity contribution in [2.24, 2.45) is 0 Å². The highest BCUT2D eigenvalue weighted by molar-refractivity contribution is 9.10. The lowest BCUT2D eigenvalue weighted by atomic mass is 9.89. The summed E-state index contributed by atoms with van der Waals surface area (Å²) in [6.45, 7) is 0. The standard InChI is InChI=1S/C15H13BrOS/c16-13-7-8-18-15(13)14(17)12-6-5-10-3-1-2-4-11(10)9-12/h5-9H,1-4H2. The zero-order chi connectivity index (χ0) is 12.5. The highest BCUT2D eigenvalue weighted by atomic mass is 79.9. The second-order valence-electron chi connectivity index (χ2n) is 4.62. The zero-order valence-electron chi connectivity index (χ0n) is 9.91. The molecule has 0 amide bonds. The van der Waals surface area contributed by atoms with Gasteiger partial charge in [0.05, 0.1) is 4.88 Å². The van der Waals surface area contributed by atoms with E-state index in [1.165, 1.54) is 35.3 Å². The second-order valence-corrected chi connectivity index (χ2v) is 6.39. The van der Waals surface area contributed by atoms with Gasteiger partial charge in [-0.25, -0.2) is 0 Å². The summed E-state index contributed by atoms with van der Waals surface area (Å²) in [4.78, 5) is 13.2. The van der Waals surface area contributed by atoms with Crippen LogP contribution in [0.25, 0.3) is 0 Å². The van der Waals surface area contributed by atoms with E-state index in [1.807, 2.05) is 17.5 Å². The van der Waals surface area contributed by atoms with Crippen LogP contribution in [-0.2, 0) is 12.8 Å². The summed E-state index contributed by atoms with van der Waals surface area (Å²) >= 11 is 4.92. The van der Waals surface area contributed by atoms with Crippen molar-refractivity contribution in [3.63, 3.8) is 0 Å². The molecule has 1 aliphatic rings. The molecule has 0 aliphatic heterocycles. The molecule has 2 aromatic rings. The van der Waals surface area contributed by atoms with Gasteiger partial charge in [-0.3, -0.25) is 4.79 Å². The first-order chi connectivity index (χ1) is 8.75. The predicted molar refractivity (Wildman–Crippen MR) is 78.5 cm³/mol. The first-order valence-corrected chi connectivity index (χ1v) is 7.82. The van der Waals surface area contributed by atoms with Gasteiger partial charge in [-0.05, 0) is 70.3 Å². The Morgan fingerprint density at radius 3 is 2.61 bits per heavy atom. The van der Waals surface area contributed by atoms with Crippen molar-refractivity contribution in [3.8, 4) is 0 Å². The highest BCUT2D eigenvalue weighted by Crippen LogP contribution is 2.28. The predicted octanol–water partition coefficient (Wildman–Crippen LogP) is 4.62. The third-order valence-corrected chi connectivity index (χ3v) is 5.27. The van der Waals surface area contributed by atoms with E-state index < -0.39 is 0 Å². The lowest BCUT2D eigenvalue weighted by Gasteiger charge is -2.16. The Morgan fingerprint density at radius 2 is 1.89 bits per heavy atom. The Bertz CT molecular complexity index is 600. The minimum absolute atomic E-state index is 0.130. The van der Waals surface area contributed by atoms with Gasteiger partial charge in [-0.15, -0.1) is 11.3 Å². The van der Waals surface area contributed by atoms with E-state index in [0.717, 1.165) is 27.8 Å². The number of rotatable bonds is 2. The van der Waals surface area contributed by atoms with Gasteiger partial charge in [0.1, 0.15) is 0 Å². The monoisotopic (exact) mass is 320 g/mol. The fourth-order valence-electron chi connectivity index (χ4n) is 2.46. The number of halogens is 1. The Morgan fingerprint density at radius 1 is 1.11 bits per heavy atom. The fraction of sp³-hybridized carbons (Fsp3) is 0.267. The molecule has 18 heavy (non-hydrogen) atoms. The minimum atomic E-state index is 0.130. The van der Waals surface area contributed by atoms with Crippen LogP contribution in [0.1, 0.15) is 39.2 Å². The number of carbonyl (C=O) groups is 1. The maximum Gasteiger partial charge on any atom is 0.204 e. The molecule has 0 unspecified atom stereocenters. The van der Waals surface area contributed by atoms with E-state index in [0.29, 0.717) is 0 Å². The lowest BCUT2D eigenvalue weighted by molar-refractivity contribution is 0.104. The average molecular weight is 321 g/mol. The van der Waals surface area contributed by atoms with E-state index in [4.69, 9.17) is 0 Å². The Hall–Kier alpha value is -0.930. The van der Waals surface area contributed by atoms with Crippen molar-refractivity contribution in [3.05, 3.63) is 55.7 Å². The summed E-state index contributed by atoms with van der Waals surface area (Å²) in [7, 11) is 0. The van der Waals surface area contributed by atoms with E-state index in [2.05, 4.69) is 28.1 Å². The first kappa shape index (κ1) is 12.1. The first-order valence-electron chi connectivity index (χ1n) is 6.15. The molecular formula is C15H13BrOS.